The Hall–Kier alpha value is -2.28. The number of ether oxygens (including phenoxy) is 1. The number of anilines is 1. The van der Waals surface area contributed by atoms with Crippen molar-refractivity contribution in [1.82, 2.24) is 5.32 Å². The second kappa shape index (κ2) is 5.49. The number of rotatable bonds is 4. The third-order valence-corrected chi connectivity index (χ3v) is 3.37. The summed E-state index contributed by atoms with van der Waals surface area (Å²) in [5.74, 6) is -0.602. The van der Waals surface area contributed by atoms with Gasteiger partial charge in [-0.25, -0.2) is 9.59 Å². The molecule has 0 bridgehead atoms. The lowest BCUT2D eigenvalue weighted by Gasteiger charge is -2.18. The van der Waals surface area contributed by atoms with Crippen LogP contribution in [0, 0.1) is 0 Å². The Morgan fingerprint density at radius 2 is 2.09 bits per heavy atom. The van der Waals surface area contributed by atoms with E-state index in [9.17, 15) is 14.7 Å². The molecular formula is C15H20N2O5. The van der Waals surface area contributed by atoms with E-state index in [0.717, 1.165) is 24.7 Å². The molecule has 0 aromatic heterocycles. The average molecular weight is 308 g/mol. The van der Waals surface area contributed by atoms with Gasteiger partial charge in [0.05, 0.1) is 6.54 Å². The Balaban J connectivity index is 1.95. The topological polar surface area (TPSA) is 108 Å². The van der Waals surface area contributed by atoms with E-state index in [1.54, 1.807) is 12.1 Å². The first kappa shape index (κ1) is 16.1. The highest BCUT2D eigenvalue weighted by molar-refractivity contribution is 5.90. The molecule has 1 aliphatic rings. The number of hydrogen-bond donors (Lipinski definition) is 4. The van der Waals surface area contributed by atoms with Crippen LogP contribution in [-0.2, 0) is 11.2 Å². The van der Waals surface area contributed by atoms with Crippen LogP contribution in [0.4, 0.5) is 10.5 Å². The van der Waals surface area contributed by atoms with Gasteiger partial charge in [-0.2, -0.15) is 0 Å². The first-order valence-electron chi connectivity index (χ1n) is 6.92. The number of benzene rings is 1. The molecule has 1 heterocycles. The van der Waals surface area contributed by atoms with E-state index in [0.29, 0.717) is 5.69 Å². The zero-order chi connectivity index (χ0) is 16.5. The van der Waals surface area contributed by atoms with Crippen molar-refractivity contribution in [2.24, 2.45) is 0 Å². The number of carboxylic acid groups (broad SMARTS) is 1. The largest absolute Gasteiger partial charge is 0.487 e. The normalized spacial score (nSPS) is 17.8. The molecule has 0 spiro atoms. The number of urea groups is 1. The minimum absolute atomic E-state index is 0.261. The number of hydrogen-bond acceptors (Lipinski definition) is 4. The zero-order valence-corrected chi connectivity index (χ0v) is 12.8. The maximum atomic E-state index is 11.8. The number of carbonyl (C=O) groups excluding carboxylic acids is 1. The number of aliphatic hydroxyl groups is 1. The van der Waals surface area contributed by atoms with Gasteiger partial charge in [0.2, 0.25) is 0 Å². The van der Waals surface area contributed by atoms with E-state index in [1.807, 2.05) is 19.9 Å². The fourth-order valence-electron chi connectivity index (χ4n) is 2.19. The summed E-state index contributed by atoms with van der Waals surface area (Å²) in [5.41, 5.74) is -0.691. The van der Waals surface area contributed by atoms with Gasteiger partial charge >= 0.3 is 12.0 Å². The van der Waals surface area contributed by atoms with Gasteiger partial charge in [-0.3, -0.25) is 0 Å². The van der Waals surface area contributed by atoms with Crippen LogP contribution in [0.2, 0.25) is 0 Å². The number of fused-ring (bicyclic) bond motifs is 1. The first-order valence-corrected chi connectivity index (χ1v) is 6.92. The minimum atomic E-state index is -2.01. The lowest BCUT2D eigenvalue weighted by molar-refractivity contribution is -0.155. The fraction of sp³-hybridized carbons (Fsp3) is 0.467. The van der Waals surface area contributed by atoms with E-state index in [4.69, 9.17) is 9.84 Å². The molecule has 0 fully saturated rings. The van der Waals surface area contributed by atoms with E-state index < -0.39 is 24.1 Å². The van der Waals surface area contributed by atoms with Crippen molar-refractivity contribution in [2.45, 2.75) is 38.4 Å². The maximum absolute atomic E-state index is 11.8. The van der Waals surface area contributed by atoms with Crippen molar-refractivity contribution in [1.29, 1.82) is 0 Å². The number of carbonyl (C=O) groups is 2. The molecule has 1 atom stereocenters. The van der Waals surface area contributed by atoms with E-state index in [2.05, 4.69) is 10.6 Å². The number of nitrogens with one attached hydrogen (secondary N) is 2. The van der Waals surface area contributed by atoms with Crippen LogP contribution >= 0.6 is 0 Å². The number of aliphatic carboxylic acids is 1. The highest BCUT2D eigenvalue weighted by atomic mass is 16.5. The van der Waals surface area contributed by atoms with Gasteiger partial charge in [0, 0.05) is 17.7 Å². The van der Waals surface area contributed by atoms with Crippen molar-refractivity contribution in [3.63, 3.8) is 0 Å². The van der Waals surface area contributed by atoms with Crippen molar-refractivity contribution in [3.8, 4) is 5.75 Å². The molecule has 22 heavy (non-hydrogen) atoms. The van der Waals surface area contributed by atoms with Gasteiger partial charge in [-0.05, 0) is 39.0 Å². The molecule has 1 aromatic carbocycles. The third kappa shape index (κ3) is 3.67. The molecule has 0 saturated carbocycles. The van der Waals surface area contributed by atoms with Crippen LogP contribution in [0.5, 0.6) is 5.75 Å². The molecule has 0 aliphatic carbocycles. The Bertz CT molecular complexity index is 610. The van der Waals surface area contributed by atoms with Crippen molar-refractivity contribution in [3.05, 3.63) is 23.8 Å². The third-order valence-electron chi connectivity index (χ3n) is 3.37. The van der Waals surface area contributed by atoms with Crippen LogP contribution in [0.1, 0.15) is 26.3 Å². The predicted molar refractivity (Wildman–Crippen MR) is 80.1 cm³/mol. The molecule has 7 nitrogen and oxygen atoms in total. The van der Waals surface area contributed by atoms with Gasteiger partial charge in [0.15, 0.2) is 5.60 Å². The summed E-state index contributed by atoms with van der Waals surface area (Å²) in [6.45, 7) is 4.70. The van der Waals surface area contributed by atoms with Crippen LogP contribution in [-0.4, -0.2) is 40.0 Å². The van der Waals surface area contributed by atoms with Gasteiger partial charge in [0.1, 0.15) is 11.4 Å². The smallest absolute Gasteiger partial charge is 0.337 e. The summed E-state index contributed by atoms with van der Waals surface area (Å²) in [6, 6.07) is 4.72. The maximum Gasteiger partial charge on any atom is 0.337 e. The summed E-state index contributed by atoms with van der Waals surface area (Å²) >= 11 is 0. The van der Waals surface area contributed by atoms with Crippen molar-refractivity contribution >= 4 is 17.7 Å². The summed E-state index contributed by atoms with van der Waals surface area (Å²) in [6.07, 6.45) is 0.743. The SMILES string of the molecule is CC1(C)Cc2cc(NC(=O)NCC(C)(O)C(=O)O)ccc2O1. The minimum Gasteiger partial charge on any atom is -0.487 e. The molecule has 2 rings (SSSR count). The molecule has 0 saturated heterocycles. The highest BCUT2D eigenvalue weighted by Crippen LogP contribution is 2.36. The molecule has 1 unspecified atom stereocenters. The molecule has 0 radical (unpaired) electrons. The Labute approximate surface area is 128 Å². The second-order valence-electron chi connectivity index (χ2n) is 6.25. The first-order chi connectivity index (χ1) is 10.1. The average Bonchev–Trinajstić information content (AvgIpc) is 2.69. The Morgan fingerprint density at radius 3 is 2.73 bits per heavy atom. The highest BCUT2D eigenvalue weighted by Gasteiger charge is 2.31. The van der Waals surface area contributed by atoms with Crippen LogP contribution in [0.15, 0.2) is 18.2 Å². The molecule has 120 valence electrons. The lowest BCUT2D eigenvalue weighted by atomic mass is 10.0. The van der Waals surface area contributed by atoms with Gasteiger partial charge < -0.3 is 25.6 Å². The summed E-state index contributed by atoms with van der Waals surface area (Å²) in [4.78, 5) is 22.5. The van der Waals surface area contributed by atoms with Gasteiger partial charge in [-0.1, -0.05) is 0 Å². The van der Waals surface area contributed by atoms with Crippen molar-refractivity contribution in [2.75, 3.05) is 11.9 Å². The molecule has 7 heteroatoms. The lowest BCUT2D eigenvalue weighted by Crippen LogP contribution is -2.47. The zero-order valence-electron chi connectivity index (χ0n) is 12.8. The van der Waals surface area contributed by atoms with Crippen LogP contribution in [0.3, 0.4) is 0 Å². The summed E-state index contributed by atoms with van der Waals surface area (Å²) < 4.78 is 5.75. The molecule has 1 aliphatic heterocycles. The summed E-state index contributed by atoms with van der Waals surface area (Å²) in [7, 11) is 0. The fourth-order valence-corrected chi connectivity index (χ4v) is 2.19. The molecule has 4 N–H and O–H groups in total. The van der Waals surface area contributed by atoms with Crippen LogP contribution < -0.4 is 15.4 Å². The Morgan fingerprint density at radius 1 is 1.41 bits per heavy atom. The second-order valence-corrected chi connectivity index (χ2v) is 6.25. The monoisotopic (exact) mass is 308 g/mol. The molecular weight excluding hydrogens is 288 g/mol. The van der Waals surface area contributed by atoms with Gasteiger partial charge in [-0.15, -0.1) is 0 Å². The standard InChI is InChI=1S/C15H20N2O5/c1-14(2)7-9-6-10(4-5-11(9)22-14)17-13(20)16-8-15(3,21)12(18)19/h4-6,21H,7-8H2,1-3H3,(H,18,19)(H2,16,17,20). The van der Waals surface area contributed by atoms with E-state index in [-0.39, 0.29) is 5.60 Å². The number of amides is 2. The molecule has 1 aromatic rings. The van der Waals surface area contributed by atoms with E-state index >= 15 is 0 Å². The molecule has 2 amide bonds. The Kier molecular flexibility index (Phi) is 4.02. The quantitative estimate of drug-likeness (QED) is 0.671. The van der Waals surface area contributed by atoms with E-state index in [1.165, 1.54) is 0 Å². The summed E-state index contributed by atoms with van der Waals surface area (Å²) in [5, 5.41) is 23.2. The van der Waals surface area contributed by atoms with Crippen molar-refractivity contribution < 1.29 is 24.5 Å². The predicted octanol–water partition coefficient (Wildman–Crippen LogP) is 1.36. The van der Waals surface area contributed by atoms with Gasteiger partial charge in [0.25, 0.3) is 0 Å². The number of carboxylic acids is 1. The van der Waals surface area contributed by atoms with Crippen LogP contribution in [0.25, 0.3) is 0 Å².